The Hall–Kier alpha value is -2.43. The summed E-state index contributed by atoms with van der Waals surface area (Å²) in [6.45, 7) is 0.451. The minimum Gasteiger partial charge on any atom is -0.406 e. The lowest BCUT2D eigenvalue weighted by Crippen LogP contribution is -2.22. The molecule has 1 rings (SSSR count). The molecule has 1 aromatic rings. The van der Waals surface area contributed by atoms with Crippen molar-refractivity contribution in [3.05, 3.63) is 40.3 Å². The van der Waals surface area contributed by atoms with Crippen LogP contribution in [-0.2, 0) is 0 Å². The van der Waals surface area contributed by atoms with Crippen LogP contribution in [0.1, 0.15) is 11.6 Å². The number of hydrogen-bond donors (Lipinski definition) is 1. The average Bonchev–Trinajstić information content (AvgIpc) is 2.38. The largest absolute Gasteiger partial charge is 0.573 e. The molecule has 0 fully saturated rings. The van der Waals surface area contributed by atoms with Crippen molar-refractivity contribution in [1.82, 2.24) is 5.32 Å². The molecule has 0 saturated carbocycles. The first-order valence-corrected chi connectivity index (χ1v) is 5.46. The van der Waals surface area contributed by atoms with Gasteiger partial charge in [-0.25, -0.2) is 0 Å². The lowest BCUT2D eigenvalue weighted by Gasteiger charge is -2.12. The number of nitrogens with zero attached hydrogens (tertiary/aromatic N) is 4. The van der Waals surface area contributed by atoms with E-state index in [1.807, 2.05) is 6.07 Å². The standard InChI is InChI=1S/C11H10F3N5O/c12-11(13,14)20-9-3-1-8(2-4-9)10(7-15)17-5-6-18-19-16/h1-4,10,17H,5-6H2. The maximum atomic E-state index is 12.0. The zero-order valence-electron chi connectivity index (χ0n) is 10.1. The van der Waals surface area contributed by atoms with Gasteiger partial charge in [0.15, 0.2) is 0 Å². The maximum absolute atomic E-state index is 12.0. The van der Waals surface area contributed by atoms with Crippen LogP contribution in [0, 0.1) is 11.3 Å². The summed E-state index contributed by atoms with van der Waals surface area (Å²) in [6.07, 6.45) is -4.75. The maximum Gasteiger partial charge on any atom is 0.573 e. The van der Waals surface area contributed by atoms with Gasteiger partial charge in [-0.1, -0.05) is 17.2 Å². The van der Waals surface area contributed by atoms with Crippen LogP contribution in [0.2, 0.25) is 0 Å². The summed E-state index contributed by atoms with van der Waals surface area (Å²) in [5.41, 5.74) is 8.58. The van der Waals surface area contributed by atoms with Crippen molar-refractivity contribution >= 4 is 0 Å². The molecule has 1 atom stereocenters. The summed E-state index contributed by atoms with van der Waals surface area (Å²) < 4.78 is 39.7. The molecule has 9 heteroatoms. The molecule has 0 aromatic heterocycles. The molecule has 0 aliphatic heterocycles. The van der Waals surface area contributed by atoms with Gasteiger partial charge in [0.05, 0.1) is 6.07 Å². The third-order valence-electron chi connectivity index (χ3n) is 2.20. The third kappa shape index (κ3) is 5.48. The summed E-state index contributed by atoms with van der Waals surface area (Å²) in [4.78, 5) is 2.56. The van der Waals surface area contributed by atoms with Crippen LogP contribution in [0.15, 0.2) is 29.4 Å². The molecule has 0 bridgehead atoms. The van der Waals surface area contributed by atoms with E-state index in [2.05, 4.69) is 20.1 Å². The average molecular weight is 285 g/mol. The van der Waals surface area contributed by atoms with Crippen LogP contribution in [-0.4, -0.2) is 19.5 Å². The predicted octanol–water partition coefficient (Wildman–Crippen LogP) is 3.05. The first-order chi connectivity index (χ1) is 9.46. The Labute approximate surface area is 112 Å². The Kier molecular flexibility index (Phi) is 5.65. The number of alkyl halides is 3. The lowest BCUT2D eigenvalue weighted by molar-refractivity contribution is -0.274. The summed E-state index contributed by atoms with van der Waals surface area (Å²) in [6, 6.07) is 6.22. The van der Waals surface area contributed by atoms with Crippen molar-refractivity contribution in [3.63, 3.8) is 0 Å². The molecular formula is C11H10F3N5O. The van der Waals surface area contributed by atoms with Crippen molar-refractivity contribution in [1.29, 1.82) is 5.26 Å². The molecule has 1 aromatic carbocycles. The van der Waals surface area contributed by atoms with E-state index in [1.54, 1.807) is 0 Å². The zero-order chi connectivity index (χ0) is 15.0. The number of nitrogens with one attached hydrogen (secondary N) is 1. The van der Waals surface area contributed by atoms with E-state index >= 15 is 0 Å². The van der Waals surface area contributed by atoms with Crippen LogP contribution in [0.3, 0.4) is 0 Å². The molecule has 6 nitrogen and oxygen atoms in total. The smallest absolute Gasteiger partial charge is 0.406 e. The summed E-state index contributed by atoms with van der Waals surface area (Å²) >= 11 is 0. The highest BCUT2D eigenvalue weighted by Crippen LogP contribution is 2.24. The van der Waals surface area contributed by atoms with Gasteiger partial charge in [-0.3, -0.25) is 5.32 Å². The molecule has 0 amide bonds. The highest BCUT2D eigenvalue weighted by Gasteiger charge is 2.31. The van der Waals surface area contributed by atoms with Crippen molar-refractivity contribution in [2.75, 3.05) is 13.1 Å². The first-order valence-electron chi connectivity index (χ1n) is 5.46. The van der Waals surface area contributed by atoms with Gasteiger partial charge in [0, 0.05) is 18.0 Å². The Balaban J connectivity index is 2.65. The number of rotatable bonds is 6. The predicted molar refractivity (Wildman–Crippen MR) is 63.5 cm³/mol. The van der Waals surface area contributed by atoms with Gasteiger partial charge in [-0.2, -0.15) is 5.26 Å². The van der Waals surface area contributed by atoms with E-state index in [-0.39, 0.29) is 18.8 Å². The van der Waals surface area contributed by atoms with E-state index in [4.69, 9.17) is 10.8 Å². The van der Waals surface area contributed by atoms with Crippen LogP contribution in [0.5, 0.6) is 5.75 Å². The number of benzene rings is 1. The topological polar surface area (TPSA) is 93.8 Å². The minimum absolute atomic E-state index is 0.171. The second-order valence-electron chi connectivity index (χ2n) is 3.59. The van der Waals surface area contributed by atoms with Crippen molar-refractivity contribution < 1.29 is 17.9 Å². The second kappa shape index (κ2) is 7.23. The molecule has 106 valence electrons. The Bertz CT molecular complexity index is 516. The quantitative estimate of drug-likeness (QED) is 0.376. The second-order valence-corrected chi connectivity index (χ2v) is 3.59. The lowest BCUT2D eigenvalue weighted by atomic mass is 10.1. The van der Waals surface area contributed by atoms with Crippen molar-refractivity contribution in [2.24, 2.45) is 5.11 Å². The molecule has 0 radical (unpaired) electrons. The van der Waals surface area contributed by atoms with Gasteiger partial charge in [0.2, 0.25) is 0 Å². The minimum atomic E-state index is -4.75. The molecule has 0 heterocycles. The molecule has 20 heavy (non-hydrogen) atoms. The molecule has 0 saturated heterocycles. The SMILES string of the molecule is N#CC(NCCN=[N+]=[N-])c1ccc(OC(F)(F)F)cc1. The molecular weight excluding hydrogens is 275 g/mol. The van der Waals surface area contributed by atoms with Gasteiger partial charge < -0.3 is 4.74 Å². The Morgan fingerprint density at radius 2 is 2.05 bits per heavy atom. The number of nitriles is 1. The van der Waals surface area contributed by atoms with Gasteiger partial charge in [0.1, 0.15) is 11.8 Å². The van der Waals surface area contributed by atoms with E-state index < -0.39 is 12.4 Å². The molecule has 1 unspecified atom stereocenters. The van der Waals surface area contributed by atoms with Crippen molar-refractivity contribution in [2.45, 2.75) is 12.4 Å². The van der Waals surface area contributed by atoms with Crippen LogP contribution in [0.25, 0.3) is 10.4 Å². The van der Waals surface area contributed by atoms with E-state index in [1.165, 1.54) is 12.1 Å². The number of halogens is 3. The summed E-state index contributed by atoms with van der Waals surface area (Å²) in [7, 11) is 0. The zero-order valence-corrected chi connectivity index (χ0v) is 10.1. The highest BCUT2D eigenvalue weighted by atomic mass is 19.4. The fourth-order valence-corrected chi connectivity index (χ4v) is 1.40. The van der Waals surface area contributed by atoms with Gasteiger partial charge in [-0.15, -0.1) is 13.2 Å². The monoisotopic (exact) mass is 285 g/mol. The fourth-order valence-electron chi connectivity index (χ4n) is 1.40. The number of hydrogen-bond acceptors (Lipinski definition) is 4. The van der Waals surface area contributed by atoms with Crippen LogP contribution in [0.4, 0.5) is 13.2 Å². The molecule has 0 spiro atoms. The Morgan fingerprint density at radius 3 is 2.55 bits per heavy atom. The molecule has 0 aliphatic rings. The van der Waals surface area contributed by atoms with E-state index in [0.29, 0.717) is 5.56 Å². The van der Waals surface area contributed by atoms with Gasteiger partial charge in [-0.05, 0) is 23.2 Å². The highest BCUT2D eigenvalue weighted by molar-refractivity contribution is 5.31. The first kappa shape index (κ1) is 15.6. The van der Waals surface area contributed by atoms with Crippen molar-refractivity contribution in [3.8, 4) is 11.8 Å². The van der Waals surface area contributed by atoms with Gasteiger partial charge in [0.25, 0.3) is 0 Å². The molecule has 1 N–H and O–H groups in total. The Morgan fingerprint density at radius 1 is 1.40 bits per heavy atom. The normalized spacial score (nSPS) is 12.1. The molecule has 0 aliphatic carbocycles. The third-order valence-corrected chi connectivity index (χ3v) is 2.20. The van der Waals surface area contributed by atoms with Crippen LogP contribution >= 0.6 is 0 Å². The number of ether oxygens (including phenoxy) is 1. The fraction of sp³-hybridized carbons (Fsp3) is 0.364. The van der Waals surface area contributed by atoms with E-state index in [9.17, 15) is 13.2 Å². The summed E-state index contributed by atoms with van der Waals surface area (Å²) in [5.74, 6) is -0.355. The van der Waals surface area contributed by atoms with Gasteiger partial charge >= 0.3 is 6.36 Å². The van der Waals surface area contributed by atoms with E-state index in [0.717, 1.165) is 12.1 Å². The number of azide groups is 1. The summed E-state index contributed by atoms with van der Waals surface area (Å²) in [5, 5.41) is 15.1. The van der Waals surface area contributed by atoms with Crippen LogP contribution < -0.4 is 10.1 Å².